The van der Waals surface area contributed by atoms with Gasteiger partial charge >= 0.3 is 6.03 Å². The van der Waals surface area contributed by atoms with Crippen LogP contribution in [0, 0.1) is 0 Å². The summed E-state index contributed by atoms with van der Waals surface area (Å²) < 4.78 is 0. The Hall–Kier alpha value is -0.990. The topological polar surface area (TPSA) is 41.1 Å². The number of rotatable bonds is 1. The molecule has 0 heterocycles. The summed E-state index contributed by atoms with van der Waals surface area (Å²) in [6.07, 6.45) is 8.87. The highest BCUT2D eigenvalue weighted by atomic mass is 16.2. The molecule has 0 spiro atoms. The second kappa shape index (κ2) is 4.80. The number of nitrogens with one attached hydrogen (secondary N) is 2. The molecule has 3 heteroatoms. The van der Waals surface area contributed by atoms with Crippen molar-refractivity contribution in [2.45, 2.75) is 31.7 Å². The summed E-state index contributed by atoms with van der Waals surface area (Å²) >= 11 is 0. The molecule has 3 nitrogen and oxygen atoms in total. The second-order valence-electron chi connectivity index (χ2n) is 3.04. The minimum absolute atomic E-state index is 0.0912. The third kappa shape index (κ3) is 2.95. The molecule has 0 bridgehead atoms. The van der Waals surface area contributed by atoms with Gasteiger partial charge in [0.25, 0.3) is 0 Å². The van der Waals surface area contributed by atoms with Crippen molar-refractivity contribution >= 4 is 6.03 Å². The molecule has 1 unspecified atom stereocenters. The van der Waals surface area contributed by atoms with Crippen molar-refractivity contribution < 1.29 is 4.79 Å². The second-order valence-corrected chi connectivity index (χ2v) is 3.04. The molecule has 0 aromatic rings. The zero-order valence-corrected chi connectivity index (χ0v) is 7.47. The molecule has 2 N–H and O–H groups in total. The van der Waals surface area contributed by atoms with Gasteiger partial charge < -0.3 is 10.6 Å². The number of carbonyl (C=O) groups is 1. The van der Waals surface area contributed by atoms with Crippen molar-refractivity contribution in [2.75, 3.05) is 7.05 Å². The molecule has 0 radical (unpaired) electrons. The summed E-state index contributed by atoms with van der Waals surface area (Å²) in [5.74, 6) is 0. The van der Waals surface area contributed by atoms with Crippen LogP contribution in [0.25, 0.3) is 0 Å². The zero-order chi connectivity index (χ0) is 8.81. The van der Waals surface area contributed by atoms with Crippen molar-refractivity contribution in [3.05, 3.63) is 12.2 Å². The fraction of sp³-hybridized carbons (Fsp3) is 0.667. The van der Waals surface area contributed by atoms with Crippen molar-refractivity contribution in [2.24, 2.45) is 0 Å². The smallest absolute Gasteiger partial charge is 0.314 e. The Bertz CT molecular complexity index is 177. The van der Waals surface area contributed by atoms with Gasteiger partial charge in [0.05, 0.1) is 0 Å². The van der Waals surface area contributed by atoms with E-state index < -0.39 is 0 Å². The predicted molar refractivity (Wildman–Crippen MR) is 49.0 cm³/mol. The van der Waals surface area contributed by atoms with Crippen molar-refractivity contribution in [1.82, 2.24) is 10.6 Å². The molecule has 0 aromatic heterocycles. The van der Waals surface area contributed by atoms with Gasteiger partial charge in [0.2, 0.25) is 0 Å². The number of amides is 2. The van der Waals surface area contributed by atoms with Crippen LogP contribution in [0.5, 0.6) is 0 Å². The molecule has 0 aromatic carbocycles. The normalized spacial score (nSPS) is 22.9. The van der Waals surface area contributed by atoms with Gasteiger partial charge in [0.15, 0.2) is 0 Å². The van der Waals surface area contributed by atoms with Crippen LogP contribution in [0.15, 0.2) is 12.2 Å². The van der Waals surface area contributed by atoms with E-state index in [1.54, 1.807) is 7.05 Å². The van der Waals surface area contributed by atoms with E-state index in [0.717, 1.165) is 12.8 Å². The predicted octanol–water partition coefficient (Wildman–Crippen LogP) is 1.41. The molecular weight excluding hydrogens is 152 g/mol. The van der Waals surface area contributed by atoms with Crippen LogP contribution in [-0.4, -0.2) is 19.1 Å². The van der Waals surface area contributed by atoms with E-state index in [2.05, 4.69) is 22.8 Å². The van der Waals surface area contributed by atoms with Crippen molar-refractivity contribution in [1.29, 1.82) is 0 Å². The zero-order valence-electron chi connectivity index (χ0n) is 7.47. The SMILES string of the molecule is CNC(=O)NC1C=CCCCC1. The van der Waals surface area contributed by atoms with Crippen LogP contribution < -0.4 is 10.6 Å². The highest BCUT2D eigenvalue weighted by molar-refractivity contribution is 5.74. The molecule has 12 heavy (non-hydrogen) atoms. The summed E-state index contributed by atoms with van der Waals surface area (Å²) in [6.45, 7) is 0. The lowest BCUT2D eigenvalue weighted by Gasteiger charge is -2.12. The quantitative estimate of drug-likeness (QED) is 0.571. The van der Waals surface area contributed by atoms with E-state index in [4.69, 9.17) is 0 Å². The first-order valence-corrected chi connectivity index (χ1v) is 4.48. The van der Waals surface area contributed by atoms with Crippen LogP contribution in [0.4, 0.5) is 4.79 Å². The summed E-state index contributed by atoms with van der Waals surface area (Å²) in [7, 11) is 1.63. The lowest BCUT2D eigenvalue weighted by molar-refractivity contribution is 0.240. The van der Waals surface area contributed by atoms with E-state index in [-0.39, 0.29) is 12.1 Å². The van der Waals surface area contributed by atoms with Gasteiger partial charge in [0, 0.05) is 13.1 Å². The Morgan fingerprint density at radius 3 is 3.08 bits per heavy atom. The van der Waals surface area contributed by atoms with Crippen LogP contribution in [0.2, 0.25) is 0 Å². The number of allylic oxidation sites excluding steroid dienone is 1. The average Bonchev–Trinajstić information content (AvgIpc) is 2.33. The molecule has 0 fully saturated rings. The third-order valence-corrected chi connectivity index (χ3v) is 2.05. The highest BCUT2D eigenvalue weighted by Crippen LogP contribution is 2.10. The van der Waals surface area contributed by atoms with Crippen LogP contribution in [0.3, 0.4) is 0 Å². The third-order valence-electron chi connectivity index (χ3n) is 2.05. The Balaban J connectivity index is 2.34. The molecule has 0 saturated carbocycles. The molecule has 2 amide bonds. The average molecular weight is 168 g/mol. The molecule has 1 atom stereocenters. The molecule has 1 aliphatic rings. The van der Waals surface area contributed by atoms with Crippen LogP contribution in [-0.2, 0) is 0 Å². The molecule has 0 aliphatic heterocycles. The molecule has 68 valence electrons. The number of hydrogen-bond acceptors (Lipinski definition) is 1. The van der Waals surface area contributed by atoms with E-state index in [0.29, 0.717) is 0 Å². The standard InChI is InChI=1S/C9H16N2O/c1-10-9(12)11-8-6-4-2-3-5-7-8/h4,6,8H,2-3,5,7H2,1H3,(H2,10,11,12). The summed E-state index contributed by atoms with van der Waals surface area (Å²) in [5.41, 5.74) is 0. The first kappa shape index (κ1) is 9.10. The van der Waals surface area contributed by atoms with Gasteiger partial charge in [-0.25, -0.2) is 4.79 Å². The molecule has 1 aliphatic carbocycles. The van der Waals surface area contributed by atoms with Crippen molar-refractivity contribution in [3.8, 4) is 0 Å². The number of hydrogen-bond donors (Lipinski definition) is 2. The monoisotopic (exact) mass is 168 g/mol. The minimum Gasteiger partial charge on any atom is -0.341 e. The van der Waals surface area contributed by atoms with Crippen LogP contribution in [0.1, 0.15) is 25.7 Å². The summed E-state index contributed by atoms with van der Waals surface area (Å²) in [4.78, 5) is 10.9. The first-order chi connectivity index (χ1) is 5.83. The van der Waals surface area contributed by atoms with Gasteiger partial charge in [-0.15, -0.1) is 0 Å². The maximum Gasteiger partial charge on any atom is 0.314 e. The first-order valence-electron chi connectivity index (χ1n) is 4.48. The summed E-state index contributed by atoms with van der Waals surface area (Å²) in [5, 5.41) is 5.42. The fourth-order valence-corrected chi connectivity index (χ4v) is 1.34. The van der Waals surface area contributed by atoms with E-state index in [1.165, 1.54) is 12.8 Å². The Labute approximate surface area is 73.2 Å². The van der Waals surface area contributed by atoms with Crippen LogP contribution >= 0.6 is 0 Å². The highest BCUT2D eigenvalue weighted by Gasteiger charge is 2.08. The van der Waals surface area contributed by atoms with Gasteiger partial charge in [-0.05, 0) is 19.3 Å². The Kier molecular flexibility index (Phi) is 3.64. The Morgan fingerprint density at radius 2 is 2.33 bits per heavy atom. The maximum absolute atomic E-state index is 10.9. The van der Waals surface area contributed by atoms with Gasteiger partial charge in [-0.1, -0.05) is 18.6 Å². The van der Waals surface area contributed by atoms with E-state index >= 15 is 0 Å². The number of carbonyl (C=O) groups excluding carboxylic acids is 1. The molecular formula is C9H16N2O. The maximum atomic E-state index is 10.9. The number of urea groups is 1. The lowest BCUT2D eigenvalue weighted by Crippen LogP contribution is -2.39. The van der Waals surface area contributed by atoms with Gasteiger partial charge in [-0.3, -0.25) is 0 Å². The molecule has 0 saturated heterocycles. The largest absolute Gasteiger partial charge is 0.341 e. The van der Waals surface area contributed by atoms with Crippen molar-refractivity contribution in [3.63, 3.8) is 0 Å². The lowest BCUT2D eigenvalue weighted by atomic mass is 10.1. The fourth-order valence-electron chi connectivity index (χ4n) is 1.34. The minimum atomic E-state index is -0.0912. The van der Waals surface area contributed by atoms with E-state index in [9.17, 15) is 4.79 Å². The molecule has 1 rings (SSSR count). The van der Waals surface area contributed by atoms with Gasteiger partial charge in [0.1, 0.15) is 0 Å². The van der Waals surface area contributed by atoms with Gasteiger partial charge in [-0.2, -0.15) is 0 Å². The van der Waals surface area contributed by atoms with E-state index in [1.807, 2.05) is 0 Å². The summed E-state index contributed by atoms with van der Waals surface area (Å²) in [6, 6.07) is 0.138. The Morgan fingerprint density at radius 1 is 1.50 bits per heavy atom.